The van der Waals surface area contributed by atoms with Crippen LogP contribution in [0, 0.1) is 6.92 Å². The second-order valence-electron chi connectivity index (χ2n) is 6.81. The Morgan fingerprint density at radius 1 is 1.17 bits per heavy atom. The van der Waals surface area contributed by atoms with Gasteiger partial charge in [0.2, 0.25) is 0 Å². The number of carbonyl (C=O) groups excluding carboxylic acids is 2. The van der Waals surface area contributed by atoms with E-state index in [9.17, 15) is 9.59 Å². The number of carbonyl (C=O) groups is 2. The normalized spacial score (nSPS) is 14.3. The smallest absolute Gasteiger partial charge is 0.348 e. The predicted octanol–water partition coefficient (Wildman–Crippen LogP) is 5.55. The fourth-order valence-electron chi connectivity index (χ4n) is 3.33. The molecule has 1 amide bonds. The molecule has 4 rings (SSSR count). The van der Waals surface area contributed by atoms with Gasteiger partial charge in [-0.1, -0.05) is 41.9 Å². The van der Waals surface area contributed by atoms with Crippen LogP contribution in [-0.4, -0.2) is 24.2 Å². The number of ether oxygens (including phenoxy) is 1. The Labute approximate surface area is 183 Å². The van der Waals surface area contributed by atoms with Gasteiger partial charge >= 0.3 is 5.97 Å². The van der Waals surface area contributed by atoms with Crippen LogP contribution in [0.25, 0.3) is 0 Å². The van der Waals surface area contributed by atoms with Crippen LogP contribution in [0.2, 0.25) is 5.02 Å². The van der Waals surface area contributed by atoms with Crippen LogP contribution in [-0.2, 0) is 16.1 Å². The molecule has 152 valence electrons. The largest absolute Gasteiger partial charge is 0.462 e. The number of hydrogen-bond donors (Lipinski definition) is 0. The first-order chi connectivity index (χ1) is 14.5. The van der Waals surface area contributed by atoms with E-state index in [0.29, 0.717) is 33.8 Å². The van der Waals surface area contributed by atoms with Crippen molar-refractivity contribution in [2.24, 2.45) is 4.99 Å². The SMILES string of the molecule is CCOC(=O)c1sc(N=C2C(=O)N(Cc3ccc(Cl)cc3)c3ccccc32)cc1C. The fraction of sp³-hybridized carbons (Fsp3) is 0.174. The number of fused-ring (bicyclic) bond motifs is 1. The molecule has 0 atom stereocenters. The van der Waals surface area contributed by atoms with Crippen molar-refractivity contribution in [2.75, 3.05) is 11.5 Å². The number of amides is 1. The average Bonchev–Trinajstić information content (AvgIpc) is 3.23. The summed E-state index contributed by atoms with van der Waals surface area (Å²) in [6.07, 6.45) is 0. The molecular formula is C23H19ClN2O3S. The van der Waals surface area contributed by atoms with Gasteiger partial charge in [0.25, 0.3) is 5.91 Å². The summed E-state index contributed by atoms with van der Waals surface area (Å²) in [6, 6.07) is 16.8. The van der Waals surface area contributed by atoms with Crippen LogP contribution in [0.1, 0.15) is 33.3 Å². The molecule has 5 nitrogen and oxygen atoms in total. The zero-order valence-corrected chi connectivity index (χ0v) is 18.1. The molecule has 30 heavy (non-hydrogen) atoms. The Morgan fingerprint density at radius 3 is 2.63 bits per heavy atom. The lowest BCUT2D eigenvalue weighted by Crippen LogP contribution is -2.29. The van der Waals surface area contributed by atoms with Crippen LogP contribution in [0.4, 0.5) is 10.7 Å². The third kappa shape index (κ3) is 3.88. The van der Waals surface area contributed by atoms with Crippen LogP contribution >= 0.6 is 22.9 Å². The lowest BCUT2D eigenvalue weighted by atomic mass is 10.1. The number of para-hydroxylation sites is 1. The number of hydrogen-bond acceptors (Lipinski definition) is 5. The van der Waals surface area contributed by atoms with E-state index in [-0.39, 0.29) is 11.9 Å². The molecule has 0 aliphatic carbocycles. The molecule has 0 radical (unpaired) electrons. The lowest BCUT2D eigenvalue weighted by Gasteiger charge is -2.16. The highest BCUT2D eigenvalue weighted by molar-refractivity contribution is 7.17. The van der Waals surface area contributed by atoms with Gasteiger partial charge in [-0.15, -0.1) is 11.3 Å². The van der Waals surface area contributed by atoms with Crippen molar-refractivity contribution in [3.05, 3.63) is 81.2 Å². The maximum absolute atomic E-state index is 13.2. The van der Waals surface area contributed by atoms with E-state index < -0.39 is 0 Å². The van der Waals surface area contributed by atoms with Crippen molar-refractivity contribution < 1.29 is 14.3 Å². The van der Waals surface area contributed by atoms with Crippen molar-refractivity contribution in [3.63, 3.8) is 0 Å². The zero-order valence-electron chi connectivity index (χ0n) is 16.5. The Balaban J connectivity index is 1.69. The van der Waals surface area contributed by atoms with Gasteiger partial charge in [-0.3, -0.25) is 4.79 Å². The number of thiophene rings is 1. The number of rotatable bonds is 5. The molecule has 2 heterocycles. The van der Waals surface area contributed by atoms with Crippen molar-refractivity contribution in [3.8, 4) is 0 Å². The highest BCUT2D eigenvalue weighted by atomic mass is 35.5. The van der Waals surface area contributed by atoms with Gasteiger partial charge in [0.15, 0.2) is 0 Å². The van der Waals surface area contributed by atoms with E-state index in [1.165, 1.54) is 11.3 Å². The molecule has 7 heteroatoms. The molecule has 0 saturated carbocycles. The van der Waals surface area contributed by atoms with Crippen LogP contribution in [0.3, 0.4) is 0 Å². The summed E-state index contributed by atoms with van der Waals surface area (Å²) in [5, 5.41) is 1.25. The standard InChI is InChI=1S/C23H19ClN2O3S/c1-3-29-23(28)21-14(2)12-19(30-21)25-20-17-6-4-5-7-18(17)26(22(20)27)13-15-8-10-16(24)11-9-15/h4-12H,3,13H2,1-2H3. The van der Waals surface area contributed by atoms with Crippen molar-refractivity contribution in [1.29, 1.82) is 0 Å². The molecule has 1 aliphatic heterocycles. The number of aliphatic imine (C=N–C) groups is 1. The predicted molar refractivity (Wildman–Crippen MR) is 120 cm³/mol. The number of aryl methyl sites for hydroxylation is 1. The Kier molecular flexibility index (Phi) is 5.70. The van der Waals surface area contributed by atoms with Gasteiger partial charge in [0.1, 0.15) is 15.6 Å². The van der Waals surface area contributed by atoms with Gasteiger partial charge in [-0.2, -0.15) is 0 Å². The summed E-state index contributed by atoms with van der Waals surface area (Å²) in [5.41, 5.74) is 3.72. The molecule has 3 aromatic rings. The molecule has 2 aromatic carbocycles. The lowest BCUT2D eigenvalue weighted by molar-refractivity contribution is -0.112. The van der Waals surface area contributed by atoms with Crippen molar-refractivity contribution in [2.45, 2.75) is 20.4 Å². The number of esters is 1. The second kappa shape index (κ2) is 8.42. The first kappa shape index (κ1) is 20.3. The van der Waals surface area contributed by atoms with Crippen LogP contribution in [0.5, 0.6) is 0 Å². The highest BCUT2D eigenvalue weighted by Crippen LogP contribution is 2.35. The molecular weight excluding hydrogens is 420 g/mol. The van der Waals surface area contributed by atoms with Gasteiger partial charge in [0, 0.05) is 10.6 Å². The molecule has 1 aliphatic rings. The minimum atomic E-state index is -0.367. The van der Waals surface area contributed by atoms with E-state index in [1.807, 2.05) is 61.5 Å². The molecule has 0 bridgehead atoms. The second-order valence-corrected chi connectivity index (χ2v) is 8.28. The van der Waals surface area contributed by atoms with E-state index >= 15 is 0 Å². The van der Waals surface area contributed by atoms with Gasteiger partial charge in [0.05, 0.1) is 18.8 Å². The summed E-state index contributed by atoms with van der Waals surface area (Å²) in [7, 11) is 0. The third-order valence-electron chi connectivity index (χ3n) is 4.74. The third-order valence-corrected chi connectivity index (χ3v) is 6.10. The van der Waals surface area contributed by atoms with E-state index in [0.717, 1.165) is 22.4 Å². The van der Waals surface area contributed by atoms with Gasteiger partial charge in [-0.25, -0.2) is 9.79 Å². The van der Waals surface area contributed by atoms with Crippen LogP contribution < -0.4 is 4.90 Å². The summed E-state index contributed by atoms with van der Waals surface area (Å²) < 4.78 is 5.10. The topological polar surface area (TPSA) is 59.0 Å². The number of nitrogens with zero attached hydrogens (tertiary/aromatic N) is 2. The molecule has 0 spiro atoms. The molecule has 0 unspecified atom stereocenters. The number of halogens is 1. The minimum absolute atomic E-state index is 0.171. The Hall–Kier alpha value is -2.96. The summed E-state index contributed by atoms with van der Waals surface area (Å²) in [6.45, 7) is 4.34. The van der Waals surface area contributed by atoms with E-state index in [4.69, 9.17) is 16.3 Å². The summed E-state index contributed by atoms with van der Waals surface area (Å²) >= 11 is 7.21. The average molecular weight is 439 g/mol. The Morgan fingerprint density at radius 2 is 1.90 bits per heavy atom. The summed E-state index contributed by atoms with van der Waals surface area (Å²) in [5.74, 6) is -0.538. The maximum Gasteiger partial charge on any atom is 0.348 e. The monoisotopic (exact) mass is 438 g/mol. The van der Waals surface area contributed by atoms with Crippen molar-refractivity contribution in [1.82, 2.24) is 0 Å². The zero-order chi connectivity index (χ0) is 21.3. The molecule has 1 aromatic heterocycles. The summed E-state index contributed by atoms with van der Waals surface area (Å²) in [4.78, 5) is 32.2. The first-order valence-electron chi connectivity index (χ1n) is 9.50. The van der Waals surface area contributed by atoms with Crippen molar-refractivity contribution >= 4 is 51.2 Å². The molecule has 0 fully saturated rings. The fourth-order valence-corrected chi connectivity index (χ4v) is 4.40. The highest BCUT2D eigenvalue weighted by Gasteiger charge is 2.34. The molecule has 0 N–H and O–H groups in total. The number of benzene rings is 2. The van der Waals surface area contributed by atoms with E-state index in [2.05, 4.69) is 4.99 Å². The van der Waals surface area contributed by atoms with Gasteiger partial charge < -0.3 is 9.64 Å². The number of anilines is 1. The van der Waals surface area contributed by atoms with Crippen LogP contribution in [0.15, 0.2) is 59.6 Å². The Bertz CT molecular complexity index is 1150. The van der Waals surface area contributed by atoms with Gasteiger partial charge in [-0.05, 0) is 49.2 Å². The maximum atomic E-state index is 13.2. The minimum Gasteiger partial charge on any atom is -0.462 e. The molecule has 0 saturated heterocycles. The van der Waals surface area contributed by atoms with E-state index in [1.54, 1.807) is 11.8 Å². The quantitative estimate of drug-likeness (QED) is 0.490. The first-order valence-corrected chi connectivity index (χ1v) is 10.7.